The average molecular weight is 280 g/mol. The molecule has 0 heterocycles. The van der Waals surface area contributed by atoms with Crippen LogP contribution in [-0.4, -0.2) is 24.7 Å². The molecule has 2 unspecified atom stereocenters. The molecule has 0 aromatic heterocycles. The topological polar surface area (TPSA) is 64.3 Å². The highest BCUT2D eigenvalue weighted by atomic mass is 19.1. The van der Waals surface area contributed by atoms with Gasteiger partial charge in [0.05, 0.1) is 11.8 Å². The number of nitrogen functional groups attached to an aromatic ring is 1. The molecule has 1 amide bonds. The number of carbonyl (C=O) groups excluding carboxylic acids is 1. The maximum absolute atomic E-state index is 13.1. The zero-order chi connectivity index (χ0) is 14.9. The first-order chi connectivity index (χ1) is 9.36. The van der Waals surface area contributed by atoms with Gasteiger partial charge in [0.2, 0.25) is 0 Å². The third-order valence-electron chi connectivity index (χ3n) is 4.11. The number of rotatable bonds is 4. The Morgan fingerprint density at radius 2 is 2.25 bits per heavy atom. The minimum atomic E-state index is -0.512. The first-order valence-corrected chi connectivity index (χ1v) is 6.83. The van der Waals surface area contributed by atoms with Crippen molar-refractivity contribution in [2.75, 3.05) is 12.3 Å². The van der Waals surface area contributed by atoms with Gasteiger partial charge in [-0.25, -0.2) is 4.39 Å². The average Bonchev–Trinajstić information content (AvgIpc) is 2.40. The number of benzene rings is 1. The Morgan fingerprint density at radius 1 is 1.55 bits per heavy atom. The normalized spacial score (nSPS) is 24.0. The van der Waals surface area contributed by atoms with E-state index in [2.05, 4.69) is 19.2 Å². The van der Waals surface area contributed by atoms with Crippen LogP contribution in [0.1, 0.15) is 37.6 Å². The monoisotopic (exact) mass is 280 g/mol. The smallest absolute Gasteiger partial charge is 0.251 e. The van der Waals surface area contributed by atoms with Crippen LogP contribution in [0.5, 0.6) is 0 Å². The fraction of sp³-hybridized carbons (Fsp3) is 0.533. The lowest BCUT2D eigenvalue weighted by atomic mass is 9.64. The second-order valence-electron chi connectivity index (χ2n) is 5.76. The summed E-state index contributed by atoms with van der Waals surface area (Å²) in [6.07, 6.45) is 0.958. The zero-order valence-corrected chi connectivity index (χ0v) is 12.1. The molecule has 0 bridgehead atoms. The van der Waals surface area contributed by atoms with E-state index in [-0.39, 0.29) is 29.2 Å². The van der Waals surface area contributed by atoms with E-state index in [1.165, 1.54) is 18.2 Å². The molecule has 110 valence electrons. The van der Waals surface area contributed by atoms with Gasteiger partial charge in [0.1, 0.15) is 5.82 Å². The van der Waals surface area contributed by atoms with Gasteiger partial charge in [-0.2, -0.15) is 0 Å². The van der Waals surface area contributed by atoms with E-state index >= 15 is 0 Å². The van der Waals surface area contributed by atoms with Crippen LogP contribution >= 0.6 is 0 Å². The van der Waals surface area contributed by atoms with Gasteiger partial charge in [0.15, 0.2) is 0 Å². The number of halogens is 1. The maximum atomic E-state index is 13.1. The van der Waals surface area contributed by atoms with Crippen molar-refractivity contribution in [2.24, 2.45) is 5.41 Å². The highest BCUT2D eigenvalue weighted by molar-refractivity contribution is 5.95. The second-order valence-corrected chi connectivity index (χ2v) is 5.76. The van der Waals surface area contributed by atoms with Gasteiger partial charge in [0, 0.05) is 23.6 Å². The summed E-state index contributed by atoms with van der Waals surface area (Å²) in [5.41, 5.74) is 5.73. The summed E-state index contributed by atoms with van der Waals surface area (Å²) in [6.45, 7) is 6.77. The van der Waals surface area contributed by atoms with Gasteiger partial charge in [-0.05, 0) is 31.5 Å². The number of ether oxygens (including phenoxy) is 1. The molecule has 20 heavy (non-hydrogen) atoms. The molecule has 5 heteroatoms. The first kappa shape index (κ1) is 14.8. The van der Waals surface area contributed by atoms with Gasteiger partial charge in [-0.3, -0.25) is 4.79 Å². The Balaban J connectivity index is 2.01. The standard InChI is InChI=1S/C15H21FN2O2/c1-4-20-13-8-12(15(13,2)3)18-14(19)9-5-6-10(16)11(17)7-9/h5-7,12-13H,4,8,17H2,1-3H3,(H,18,19). The van der Waals surface area contributed by atoms with Crippen LogP contribution in [0.4, 0.5) is 10.1 Å². The van der Waals surface area contributed by atoms with Gasteiger partial charge < -0.3 is 15.8 Å². The van der Waals surface area contributed by atoms with E-state index < -0.39 is 5.82 Å². The maximum Gasteiger partial charge on any atom is 0.251 e. The predicted molar refractivity (Wildman–Crippen MR) is 75.9 cm³/mol. The summed E-state index contributed by atoms with van der Waals surface area (Å²) in [5, 5.41) is 2.96. The van der Waals surface area contributed by atoms with Crippen molar-refractivity contribution in [3.63, 3.8) is 0 Å². The minimum absolute atomic E-state index is 0.0160. The number of nitrogens with one attached hydrogen (secondary N) is 1. The lowest BCUT2D eigenvalue weighted by molar-refractivity contribution is -0.111. The quantitative estimate of drug-likeness (QED) is 0.832. The molecule has 2 atom stereocenters. The molecule has 1 saturated carbocycles. The highest BCUT2D eigenvalue weighted by Gasteiger charge is 2.49. The van der Waals surface area contributed by atoms with E-state index in [4.69, 9.17) is 10.5 Å². The largest absolute Gasteiger partial charge is 0.396 e. The lowest BCUT2D eigenvalue weighted by Gasteiger charge is -2.51. The molecule has 1 aromatic carbocycles. The van der Waals surface area contributed by atoms with Crippen molar-refractivity contribution in [3.8, 4) is 0 Å². The summed E-state index contributed by atoms with van der Waals surface area (Å²) in [6, 6.07) is 4.06. The molecule has 2 rings (SSSR count). The number of anilines is 1. The summed E-state index contributed by atoms with van der Waals surface area (Å²) < 4.78 is 18.7. The fourth-order valence-electron chi connectivity index (χ4n) is 2.54. The van der Waals surface area contributed by atoms with Crippen LogP contribution in [-0.2, 0) is 4.74 Å². The molecule has 1 aliphatic carbocycles. The van der Waals surface area contributed by atoms with Crippen molar-refractivity contribution in [1.82, 2.24) is 5.32 Å². The van der Waals surface area contributed by atoms with Crippen LogP contribution in [0.25, 0.3) is 0 Å². The van der Waals surface area contributed by atoms with Crippen LogP contribution in [0.3, 0.4) is 0 Å². The van der Waals surface area contributed by atoms with Crippen molar-refractivity contribution in [1.29, 1.82) is 0 Å². The zero-order valence-electron chi connectivity index (χ0n) is 12.1. The van der Waals surface area contributed by atoms with E-state index in [0.29, 0.717) is 12.2 Å². The highest BCUT2D eigenvalue weighted by Crippen LogP contribution is 2.42. The van der Waals surface area contributed by atoms with Crippen LogP contribution in [0.15, 0.2) is 18.2 Å². The third-order valence-corrected chi connectivity index (χ3v) is 4.11. The third kappa shape index (κ3) is 2.63. The molecule has 0 radical (unpaired) electrons. The summed E-state index contributed by atoms with van der Waals surface area (Å²) >= 11 is 0. The van der Waals surface area contributed by atoms with Crippen molar-refractivity contribution in [2.45, 2.75) is 39.3 Å². The molecule has 0 spiro atoms. The van der Waals surface area contributed by atoms with Crippen LogP contribution < -0.4 is 11.1 Å². The number of nitrogens with two attached hydrogens (primary N) is 1. The molecular formula is C15H21FN2O2. The van der Waals surface area contributed by atoms with Gasteiger partial charge in [-0.15, -0.1) is 0 Å². The minimum Gasteiger partial charge on any atom is -0.396 e. The summed E-state index contributed by atoms with van der Waals surface area (Å²) in [4.78, 5) is 12.1. The van der Waals surface area contributed by atoms with Crippen molar-refractivity contribution in [3.05, 3.63) is 29.6 Å². The molecule has 1 aromatic rings. The first-order valence-electron chi connectivity index (χ1n) is 6.83. The van der Waals surface area contributed by atoms with Crippen LogP contribution in [0.2, 0.25) is 0 Å². The number of carbonyl (C=O) groups is 1. The van der Waals surface area contributed by atoms with Crippen molar-refractivity contribution < 1.29 is 13.9 Å². The molecule has 1 aliphatic rings. The molecule has 0 saturated heterocycles. The predicted octanol–water partition coefficient (Wildman–Crippen LogP) is 2.34. The lowest BCUT2D eigenvalue weighted by Crippen LogP contribution is -2.62. The number of hydrogen-bond acceptors (Lipinski definition) is 3. The SMILES string of the molecule is CCOC1CC(NC(=O)c2ccc(F)c(N)c2)C1(C)C. The van der Waals surface area contributed by atoms with E-state index in [1.54, 1.807) is 0 Å². The Morgan fingerprint density at radius 3 is 2.80 bits per heavy atom. The second kappa shape index (κ2) is 5.40. The number of amides is 1. The Bertz CT molecular complexity index is 517. The van der Waals surface area contributed by atoms with Gasteiger partial charge in [-0.1, -0.05) is 13.8 Å². The summed E-state index contributed by atoms with van der Waals surface area (Å²) in [5.74, 6) is -0.744. The Labute approximate surface area is 118 Å². The van der Waals surface area contributed by atoms with Gasteiger partial charge in [0.25, 0.3) is 5.91 Å². The molecule has 4 nitrogen and oxygen atoms in total. The van der Waals surface area contributed by atoms with E-state index in [0.717, 1.165) is 6.42 Å². The number of hydrogen-bond donors (Lipinski definition) is 2. The Hall–Kier alpha value is -1.62. The molecular weight excluding hydrogens is 259 g/mol. The van der Waals surface area contributed by atoms with Crippen LogP contribution in [0, 0.1) is 11.2 Å². The Kier molecular flexibility index (Phi) is 3.99. The van der Waals surface area contributed by atoms with Crippen molar-refractivity contribution >= 4 is 11.6 Å². The summed E-state index contributed by atoms with van der Waals surface area (Å²) in [7, 11) is 0. The van der Waals surface area contributed by atoms with Gasteiger partial charge >= 0.3 is 0 Å². The fourth-order valence-corrected chi connectivity index (χ4v) is 2.54. The molecule has 3 N–H and O–H groups in total. The molecule has 0 aliphatic heterocycles. The molecule has 1 fully saturated rings. The van der Waals surface area contributed by atoms with E-state index in [1.807, 2.05) is 6.92 Å². The van der Waals surface area contributed by atoms with E-state index in [9.17, 15) is 9.18 Å².